The number of hydrogen-bond acceptors (Lipinski definition) is 2. The first-order valence-corrected chi connectivity index (χ1v) is 6.18. The molecule has 1 aromatic carbocycles. The van der Waals surface area contributed by atoms with Crippen molar-refractivity contribution in [1.29, 1.82) is 0 Å². The van der Waals surface area contributed by atoms with Crippen molar-refractivity contribution in [2.45, 2.75) is 13.0 Å². The summed E-state index contributed by atoms with van der Waals surface area (Å²) in [5, 5.41) is 0. The molecule has 22 heavy (non-hydrogen) atoms. The number of alkyl halides is 2. The predicted octanol–water partition coefficient (Wildman–Crippen LogP) is 2.59. The number of pyridine rings is 1. The number of ether oxygens (including phenoxy) is 1. The van der Waals surface area contributed by atoms with Crippen LogP contribution in [0, 0.1) is 18.4 Å². The van der Waals surface area contributed by atoms with E-state index in [4.69, 9.17) is 11.2 Å². The molecule has 6 heteroatoms. The van der Waals surface area contributed by atoms with Gasteiger partial charge in [-0.1, -0.05) is 23.2 Å². The Balaban J connectivity index is 0.00000242. The summed E-state index contributed by atoms with van der Waals surface area (Å²) in [6.45, 7) is -0.520. The van der Waals surface area contributed by atoms with Crippen LogP contribution in [0.25, 0.3) is 11.3 Å². The Kier molecular flexibility index (Phi) is 7.43. The van der Waals surface area contributed by atoms with Gasteiger partial charge in [-0.15, -0.1) is 18.6 Å². The zero-order chi connectivity index (χ0) is 15.2. The van der Waals surface area contributed by atoms with E-state index >= 15 is 0 Å². The van der Waals surface area contributed by atoms with E-state index in [0.717, 1.165) is 4.57 Å². The van der Waals surface area contributed by atoms with Crippen molar-refractivity contribution in [3.63, 3.8) is 0 Å². The Hall–Kier alpha value is -1.51. The molecule has 0 aliphatic heterocycles. The molecule has 0 aliphatic carbocycles. The van der Waals surface area contributed by atoms with Gasteiger partial charge in [-0.05, 0) is 12.1 Å². The second kappa shape index (κ2) is 8.82. The Bertz CT molecular complexity index is 705. The summed E-state index contributed by atoms with van der Waals surface area (Å²) in [6, 6.07) is 12.1. The molecule has 0 amide bonds. The largest absolute Gasteiger partial charge is 0.481 e. The van der Waals surface area contributed by atoms with Crippen LogP contribution in [0.2, 0.25) is 0 Å². The molecule has 0 unspecified atom stereocenters. The molecule has 0 saturated heterocycles. The van der Waals surface area contributed by atoms with E-state index < -0.39 is 18.5 Å². The van der Waals surface area contributed by atoms with E-state index in [9.17, 15) is 13.6 Å². The van der Waals surface area contributed by atoms with Gasteiger partial charge in [0.05, 0.1) is 6.54 Å². The van der Waals surface area contributed by atoms with Gasteiger partial charge in [0.1, 0.15) is 12.4 Å². The van der Waals surface area contributed by atoms with Crippen molar-refractivity contribution < 1.29 is 46.2 Å². The molecule has 1 aromatic heterocycles. The minimum Gasteiger partial charge on any atom is -0.481 e. The first kappa shape index (κ1) is 18.5. The van der Waals surface area contributed by atoms with E-state index in [-0.39, 0.29) is 39.3 Å². The maximum Gasteiger partial charge on any atom is 0.256 e. The molecule has 0 spiro atoms. The number of rotatable bonds is 5. The van der Waals surface area contributed by atoms with Crippen molar-refractivity contribution >= 4 is 0 Å². The summed E-state index contributed by atoms with van der Waals surface area (Å²) in [7, 11) is 0. The van der Waals surface area contributed by atoms with Gasteiger partial charge >= 0.3 is 0 Å². The van der Waals surface area contributed by atoms with Crippen LogP contribution < -0.4 is 10.3 Å². The van der Waals surface area contributed by atoms with Gasteiger partial charge in [0.25, 0.3) is 6.43 Å². The maximum absolute atomic E-state index is 12.6. The fourth-order valence-corrected chi connectivity index (χ4v) is 1.86. The monoisotopic (exact) mass is 377 g/mol. The molecule has 0 aliphatic rings. The first-order valence-electron chi connectivity index (χ1n) is 6.18. The normalized spacial score (nSPS) is 9.91. The zero-order valence-electron chi connectivity index (χ0n) is 11.6. The van der Waals surface area contributed by atoms with Crippen molar-refractivity contribution in [2.24, 2.45) is 0 Å². The summed E-state index contributed by atoms with van der Waals surface area (Å²) in [6.07, 6.45) is 2.48. The van der Waals surface area contributed by atoms with Gasteiger partial charge < -0.3 is 9.30 Å². The van der Waals surface area contributed by atoms with Crippen LogP contribution in [0.5, 0.6) is 5.75 Å². The molecule has 0 atom stereocenters. The van der Waals surface area contributed by atoms with Crippen LogP contribution in [-0.2, 0) is 39.3 Å². The number of benzene rings is 1. The smallest absolute Gasteiger partial charge is 0.256 e. The van der Waals surface area contributed by atoms with E-state index in [2.05, 4.69) is 12.0 Å². The van der Waals surface area contributed by atoms with E-state index in [1.807, 2.05) is 0 Å². The van der Waals surface area contributed by atoms with Crippen LogP contribution in [0.4, 0.5) is 8.78 Å². The Labute approximate surface area is 152 Å². The van der Waals surface area contributed by atoms with Crippen molar-refractivity contribution in [2.75, 3.05) is 6.61 Å². The number of nitrogens with zero attached hydrogens (tertiary/aromatic N) is 1. The zero-order valence-corrected chi connectivity index (χ0v) is 14.5. The Morgan fingerprint density at radius 3 is 2.55 bits per heavy atom. The van der Waals surface area contributed by atoms with E-state index in [0.29, 0.717) is 17.0 Å². The topological polar surface area (TPSA) is 31.2 Å². The van der Waals surface area contributed by atoms with E-state index in [1.165, 1.54) is 12.1 Å². The summed E-state index contributed by atoms with van der Waals surface area (Å²) >= 11 is 0. The molecular formula is C16H12F2NO2Y-. The third-order valence-electron chi connectivity index (χ3n) is 2.75. The molecule has 0 bridgehead atoms. The molecule has 111 valence electrons. The summed E-state index contributed by atoms with van der Waals surface area (Å²) in [4.78, 5) is 11.7. The van der Waals surface area contributed by atoms with Crippen LogP contribution in [0.3, 0.4) is 0 Å². The molecule has 2 rings (SSSR count). The third kappa shape index (κ3) is 4.76. The minimum absolute atomic E-state index is 0. The second-order valence-corrected chi connectivity index (χ2v) is 4.18. The second-order valence-electron chi connectivity index (χ2n) is 4.18. The number of hydrogen-bond donors (Lipinski definition) is 0. The minimum atomic E-state index is -2.62. The molecule has 0 fully saturated rings. The van der Waals surface area contributed by atoms with Crippen LogP contribution in [0.1, 0.15) is 0 Å². The third-order valence-corrected chi connectivity index (χ3v) is 2.75. The number of aromatic nitrogens is 1. The van der Waals surface area contributed by atoms with Gasteiger partial charge in [-0.3, -0.25) is 4.79 Å². The van der Waals surface area contributed by atoms with E-state index in [1.54, 1.807) is 24.3 Å². The average Bonchev–Trinajstić information content (AvgIpc) is 2.47. The molecule has 0 saturated carbocycles. The molecule has 1 radical (unpaired) electrons. The number of terminal acetylenes is 1. The first-order chi connectivity index (χ1) is 10.1. The predicted molar refractivity (Wildman–Crippen MR) is 75.3 cm³/mol. The van der Waals surface area contributed by atoms with Crippen LogP contribution in [-0.4, -0.2) is 17.6 Å². The maximum atomic E-state index is 12.6. The SMILES string of the molecule is C#CCOc1ccc(-c2[c-]ccc(=O)n2CC(F)F)cc1.[Y]. The fourth-order valence-electron chi connectivity index (χ4n) is 1.86. The molecule has 0 N–H and O–H groups in total. The summed E-state index contributed by atoms with van der Waals surface area (Å²) in [5.41, 5.74) is 0.421. The molecule has 1 heterocycles. The van der Waals surface area contributed by atoms with Gasteiger partial charge in [0, 0.05) is 32.7 Å². The van der Waals surface area contributed by atoms with Gasteiger partial charge in [0.15, 0.2) is 5.56 Å². The van der Waals surface area contributed by atoms with Crippen molar-refractivity contribution in [1.82, 2.24) is 4.57 Å². The standard InChI is InChI=1S/C16H12F2NO2.Y/c1-2-10-21-13-8-6-12(7-9-13)14-4-3-5-16(20)19(14)11-15(17)18;/h1,3,5-9,15H,10-11H2;/q-1;. The molecule has 3 nitrogen and oxygen atoms in total. The molecule has 2 aromatic rings. The van der Waals surface area contributed by atoms with Gasteiger partial charge in [-0.25, -0.2) is 8.78 Å². The quantitative estimate of drug-likeness (QED) is 0.593. The van der Waals surface area contributed by atoms with Crippen LogP contribution in [0.15, 0.2) is 41.2 Å². The fraction of sp³-hybridized carbons (Fsp3) is 0.188. The average molecular weight is 377 g/mol. The van der Waals surface area contributed by atoms with Crippen molar-refractivity contribution in [3.05, 3.63) is 52.8 Å². The van der Waals surface area contributed by atoms with Gasteiger partial charge in [-0.2, -0.15) is 12.1 Å². The molecular weight excluding hydrogens is 365 g/mol. The van der Waals surface area contributed by atoms with Crippen molar-refractivity contribution in [3.8, 4) is 29.4 Å². The van der Waals surface area contributed by atoms with Crippen LogP contribution >= 0.6 is 0 Å². The Morgan fingerprint density at radius 2 is 1.95 bits per heavy atom. The Morgan fingerprint density at radius 1 is 1.27 bits per heavy atom. The summed E-state index contributed by atoms with van der Waals surface area (Å²) < 4.78 is 31.4. The summed E-state index contributed by atoms with van der Waals surface area (Å²) in [5.74, 6) is 2.91. The van der Waals surface area contributed by atoms with Gasteiger partial charge in [0.2, 0.25) is 0 Å². The number of halogens is 2.